The maximum absolute atomic E-state index is 9.74. The molecule has 0 radical (unpaired) electrons. The summed E-state index contributed by atoms with van der Waals surface area (Å²) in [6.07, 6.45) is 3.52. The topological polar surface area (TPSA) is 40.5 Å². The van der Waals surface area contributed by atoms with Crippen LogP contribution < -0.4 is 0 Å². The van der Waals surface area contributed by atoms with Gasteiger partial charge in [-0.15, -0.1) is 0 Å². The number of unbranched alkanes of at least 4 members (excludes halogenated alkanes) is 1. The van der Waals surface area contributed by atoms with Crippen molar-refractivity contribution >= 4 is 11.8 Å². The fraction of sp³-hybridized carbons (Fsp3) is 0.250. The molecule has 2 N–H and O–H groups in total. The molecule has 2 aromatic rings. The van der Waals surface area contributed by atoms with Crippen LogP contribution in [0.4, 0.5) is 0 Å². The van der Waals surface area contributed by atoms with Crippen molar-refractivity contribution in [3.63, 3.8) is 0 Å². The van der Waals surface area contributed by atoms with Crippen LogP contribution >= 0.6 is 11.8 Å². The molecule has 0 aliphatic carbocycles. The Kier molecular flexibility index (Phi) is 4.74. The molecule has 0 aliphatic heterocycles. The first kappa shape index (κ1) is 13.8. The zero-order valence-electron chi connectivity index (χ0n) is 11.0. The first-order chi connectivity index (χ1) is 9.19. The quantitative estimate of drug-likeness (QED) is 0.783. The van der Waals surface area contributed by atoms with E-state index >= 15 is 0 Å². The largest absolute Gasteiger partial charge is 0.508 e. The first-order valence-corrected chi connectivity index (χ1v) is 7.29. The Bertz CT molecular complexity index is 535. The van der Waals surface area contributed by atoms with Gasteiger partial charge in [-0.1, -0.05) is 37.2 Å². The van der Waals surface area contributed by atoms with Gasteiger partial charge in [-0.2, -0.15) is 0 Å². The monoisotopic (exact) mass is 274 g/mol. The number of aryl methyl sites for hydroxylation is 1. The van der Waals surface area contributed by atoms with E-state index in [0.29, 0.717) is 4.90 Å². The van der Waals surface area contributed by atoms with Gasteiger partial charge in [0.1, 0.15) is 11.5 Å². The third-order valence-corrected chi connectivity index (χ3v) is 3.97. The van der Waals surface area contributed by atoms with E-state index in [2.05, 4.69) is 31.2 Å². The minimum Gasteiger partial charge on any atom is -0.508 e. The zero-order valence-corrected chi connectivity index (χ0v) is 11.8. The maximum atomic E-state index is 9.74. The van der Waals surface area contributed by atoms with Crippen LogP contribution in [0.1, 0.15) is 25.3 Å². The van der Waals surface area contributed by atoms with Crippen molar-refractivity contribution in [2.45, 2.75) is 36.0 Å². The molecule has 0 spiro atoms. The van der Waals surface area contributed by atoms with Crippen molar-refractivity contribution in [3.8, 4) is 11.5 Å². The number of phenolic OH excluding ortho intramolecular Hbond substituents is 2. The zero-order chi connectivity index (χ0) is 13.7. The van der Waals surface area contributed by atoms with Crippen LogP contribution in [0.3, 0.4) is 0 Å². The van der Waals surface area contributed by atoms with Gasteiger partial charge in [0, 0.05) is 4.90 Å². The number of hydrogen-bond acceptors (Lipinski definition) is 3. The van der Waals surface area contributed by atoms with Gasteiger partial charge < -0.3 is 10.2 Å². The van der Waals surface area contributed by atoms with Gasteiger partial charge in [-0.25, -0.2) is 0 Å². The molecule has 0 fully saturated rings. The van der Waals surface area contributed by atoms with Crippen LogP contribution in [-0.2, 0) is 6.42 Å². The van der Waals surface area contributed by atoms with Crippen LogP contribution in [-0.4, -0.2) is 10.2 Å². The Balaban J connectivity index is 2.08. The van der Waals surface area contributed by atoms with E-state index in [-0.39, 0.29) is 11.5 Å². The number of phenols is 2. The molecule has 0 aromatic heterocycles. The predicted molar refractivity (Wildman–Crippen MR) is 78.9 cm³/mol. The number of benzene rings is 2. The molecule has 0 bridgehead atoms. The smallest absolute Gasteiger partial charge is 0.129 e. The average molecular weight is 274 g/mol. The van der Waals surface area contributed by atoms with E-state index < -0.39 is 0 Å². The normalized spacial score (nSPS) is 10.6. The molecule has 2 nitrogen and oxygen atoms in total. The molecular weight excluding hydrogens is 256 g/mol. The Morgan fingerprint density at radius 2 is 1.74 bits per heavy atom. The summed E-state index contributed by atoms with van der Waals surface area (Å²) in [5.74, 6) is 0.359. The van der Waals surface area contributed by atoms with E-state index in [1.54, 1.807) is 6.07 Å². The van der Waals surface area contributed by atoms with Crippen molar-refractivity contribution in [1.29, 1.82) is 0 Å². The lowest BCUT2D eigenvalue weighted by atomic mass is 10.1. The third kappa shape index (κ3) is 3.93. The van der Waals surface area contributed by atoms with Crippen LogP contribution in [0.15, 0.2) is 52.3 Å². The summed E-state index contributed by atoms with van der Waals surface area (Å²) >= 11 is 1.45. The number of hydrogen-bond donors (Lipinski definition) is 2. The Morgan fingerprint density at radius 3 is 2.42 bits per heavy atom. The third-order valence-electron chi connectivity index (χ3n) is 2.91. The highest BCUT2D eigenvalue weighted by Crippen LogP contribution is 2.36. The van der Waals surface area contributed by atoms with Gasteiger partial charge in [0.05, 0.1) is 4.90 Å². The molecule has 100 valence electrons. The lowest BCUT2D eigenvalue weighted by molar-refractivity contribution is 0.448. The van der Waals surface area contributed by atoms with Gasteiger partial charge in [-0.05, 0) is 48.7 Å². The molecule has 19 heavy (non-hydrogen) atoms. The number of aromatic hydroxyl groups is 2. The second-order valence-corrected chi connectivity index (χ2v) is 5.62. The standard InChI is InChI=1S/C16H18O2S/c1-2-3-4-12-5-8-14(9-6-12)19-16-11-13(17)7-10-15(16)18/h5-11,17-18H,2-4H2,1H3. The molecule has 0 unspecified atom stereocenters. The second kappa shape index (κ2) is 6.53. The summed E-state index contributed by atoms with van der Waals surface area (Å²) in [5.41, 5.74) is 1.34. The van der Waals surface area contributed by atoms with Gasteiger partial charge in [0.25, 0.3) is 0 Å². The summed E-state index contributed by atoms with van der Waals surface area (Å²) in [7, 11) is 0. The Hall–Kier alpha value is -1.61. The summed E-state index contributed by atoms with van der Waals surface area (Å²) in [4.78, 5) is 1.72. The molecule has 2 aromatic carbocycles. The van der Waals surface area contributed by atoms with Crippen molar-refractivity contribution in [2.75, 3.05) is 0 Å². The van der Waals surface area contributed by atoms with Crippen LogP contribution in [0.5, 0.6) is 11.5 Å². The van der Waals surface area contributed by atoms with Gasteiger partial charge in [0.2, 0.25) is 0 Å². The molecule has 0 amide bonds. The van der Waals surface area contributed by atoms with Crippen LogP contribution in [0.2, 0.25) is 0 Å². The Morgan fingerprint density at radius 1 is 1.00 bits per heavy atom. The molecule has 0 heterocycles. The lowest BCUT2D eigenvalue weighted by Crippen LogP contribution is -1.84. The summed E-state index contributed by atoms with van der Waals surface area (Å²) in [5, 5.41) is 19.2. The van der Waals surface area contributed by atoms with Gasteiger partial charge in [0.15, 0.2) is 0 Å². The maximum Gasteiger partial charge on any atom is 0.129 e. The fourth-order valence-corrected chi connectivity index (χ4v) is 2.69. The molecule has 0 saturated heterocycles. The summed E-state index contributed by atoms with van der Waals surface area (Å²) < 4.78 is 0. The highest BCUT2D eigenvalue weighted by Gasteiger charge is 2.05. The molecule has 0 saturated carbocycles. The number of rotatable bonds is 5. The van der Waals surface area contributed by atoms with Crippen LogP contribution in [0, 0.1) is 0 Å². The van der Waals surface area contributed by atoms with Gasteiger partial charge in [-0.3, -0.25) is 0 Å². The van der Waals surface area contributed by atoms with Crippen molar-refractivity contribution in [1.82, 2.24) is 0 Å². The van der Waals surface area contributed by atoms with E-state index in [1.807, 2.05) is 0 Å². The summed E-state index contributed by atoms with van der Waals surface area (Å²) in [6.45, 7) is 2.19. The first-order valence-electron chi connectivity index (χ1n) is 6.48. The molecule has 0 atom stereocenters. The molecular formula is C16H18O2S. The summed E-state index contributed by atoms with van der Waals surface area (Å²) in [6, 6.07) is 12.9. The highest BCUT2D eigenvalue weighted by molar-refractivity contribution is 7.99. The Labute approximate surface area is 118 Å². The minimum absolute atomic E-state index is 0.167. The molecule has 2 rings (SSSR count). The highest BCUT2D eigenvalue weighted by atomic mass is 32.2. The molecule has 3 heteroatoms. The predicted octanol–water partition coefficient (Wildman–Crippen LogP) is 4.59. The van der Waals surface area contributed by atoms with Gasteiger partial charge >= 0.3 is 0 Å². The fourth-order valence-electron chi connectivity index (χ4n) is 1.82. The SMILES string of the molecule is CCCCc1ccc(Sc2cc(O)ccc2O)cc1. The second-order valence-electron chi connectivity index (χ2n) is 4.50. The minimum atomic E-state index is 0.167. The van der Waals surface area contributed by atoms with E-state index in [0.717, 1.165) is 11.3 Å². The average Bonchev–Trinajstić information content (AvgIpc) is 2.42. The van der Waals surface area contributed by atoms with E-state index in [9.17, 15) is 10.2 Å². The van der Waals surface area contributed by atoms with E-state index in [1.165, 1.54) is 42.3 Å². The van der Waals surface area contributed by atoms with Crippen molar-refractivity contribution < 1.29 is 10.2 Å². The van der Waals surface area contributed by atoms with Crippen LogP contribution in [0.25, 0.3) is 0 Å². The van der Waals surface area contributed by atoms with E-state index in [4.69, 9.17) is 0 Å². The lowest BCUT2D eigenvalue weighted by Gasteiger charge is -2.06. The molecule has 0 aliphatic rings. The van der Waals surface area contributed by atoms with Crippen molar-refractivity contribution in [2.24, 2.45) is 0 Å². The van der Waals surface area contributed by atoms with Crippen molar-refractivity contribution in [3.05, 3.63) is 48.0 Å².